The van der Waals surface area contributed by atoms with Crippen molar-refractivity contribution in [3.05, 3.63) is 35.4 Å². The molecular formula is C17H25NO2. The van der Waals surface area contributed by atoms with Gasteiger partial charge in [-0.15, -0.1) is 0 Å². The third kappa shape index (κ3) is 4.64. The van der Waals surface area contributed by atoms with Crippen LogP contribution in [0.15, 0.2) is 24.3 Å². The summed E-state index contributed by atoms with van der Waals surface area (Å²) in [5, 5.41) is 12.5. The topological polar surface area (TPSA) is 49.3 Å². The Bertz CT molecular complexity index is 438. The molecule has 1 aromatic carbocycles. The second-order valence-corrected chi connectivity index (χ2v) is 6.03. The number of carbonyl (C=O) groups is 1. The van der Waals surface area contributed by atoms with Crippen molar-refractivity contribution in [3.8, 4) is 0 Å². The maximum absolute atomic E-state index is 10.9. The summed E-state index contributed by atoms with van der Waals surface area (Å²) in [7, 11) is 0. The van der Waals surface area contributed by atoms with Gasteiger partial charge >= 0.3 is 5.97 Å². The minimum absolute atomic E-state index is 0.365. The van der Waals surface area contributed by atoms with Crippen LogP contribution in [0.3, 0.4) is 0 Å². The molecule has 0 aromatic heterocycles. The first-order chi connectivity index (χ1) is 9.65. The quantitative estimate of drug-likeness (QED) is 0.829. The number of carboxylic acids is 1. The molecule has 2 N–H and O–H groups in total. The molecule has 2 rings (SSSR count). The Labute approximate surface area is 121 Å². The molecular weight excluding hydrogens is 250 g/mol. The zero-order chi connectivity index (χ0) is 14.4. The summed E-state index contributed by atoms with van der Waals surface area (Å²) >= 11 is 0. The highest BCUT2D eigenvalue weighted by molar-refractivity contribution is 5.87. The summed E-state index contributed by atoms with van der Waals surface area (Å²) in [5.74, 6) is 0.0127. The van der Waals surface area contributed by atoms with E-state index in [0.29, 0.717) is 11.6 Å². The predicted octanol–water partition coefficient (Wildman–Crippen LogP) is 3.83. The smallest absolute Gasteiger partial charge is 0.335 e. The number of carboxylic acid groups (broad SMARTS) is 1. The van der Waals surface area contributed by atoms with Crippen LogP contribution in [-0.2, 0) is 6.54 Å². The average molecular weight is 275 g/mol. The summed E-state index contributed by atoms with van der Waals surface area (Å²) in [6.45, 7) is 2.98. The lowest BCUT2D eigenvalue weighted by Crippen LogP contribution is -2.28. The van der Waals surface area contributed by atoms with Crippen LogP contribution in [0.25, 0.3) is 0 Å². The van der Waals surface area contributed by atoms with Crippen LogP contribution in [0, 0.1) is 5.92 Å². The minimum atomic E-state index is -0.859. The van der Waals surface area contributed by atoms with Crippen LogP contribution in [0.4, 0.5) is 0 Å². The Hall–Kier alpha value is -1.35. The number of hydrogen-bond donors (Lipinski definition) is 2. The number of rotatable bonds is 6. The third-order valence-corrected chi connectivity index (χ3v) is 4.24. The van der Waals surface area contributed by atoms with Crippen LogP contribution < -0.4 is 5.32 Å². The Kier molecular flexibility index (Phi) is 5.60. The van der Waals surface area contributed by atoms with E-state index in [1.54, 1.807) is 12.1 Å². The van der Waals surface area contributed by atoms with E-state index in [-0.39, 0.29) is 0 Å². The molecule has 0 amide bonds. The summed E-state index contributed by atoms with van der Waals surface area (Å²) in [5.41, 5.74) is 1.41. The van der Waals surface area contributed by atoms with Gasteiger partial charge in [-0.25, -0.2) is 4.79 Å². The van der Waals surface area contributed by atoms with Gasteiger partial charge in [0.05, 0.1) is 5.56 Å². The minimum Gasteiger partial charge on any atom is -0.478 e. The van der Waals surface area contributed by atoms with E-state index in [1.165, 1.54) is 38.5 Å². The fourth-order valence-corrected chi connectivity index (χ4v) is 3.11. The number of aromatic carboxylic acids is 1. The second kappa shape index (κ2) is 7.44. The molecule has 1 aliphatic rings. The van der Waals surface area contributed by atoms with E-state index < -0.39 is 5.97 Å². The highest BCUT2D eigenvalue weighted by Gasteiger charge is 2.16. The van der Waals surface area contributed by atoms with Crippen molar-refractivity contribution in [2.24, 2.45) is 5.92 Å². The summed E-state index contributed by atoms with van der Waals surface area (Å²) in [6, 6.07) is 7.67. The first-order valence-electron chi connectivity index (χ1n) is 7.71. The van der Waals surface area contributed by atoms with Crippen molar-refractivity contribution in [1.82, 2.24) is 5.32 Å². The monoisotopic (exact) mass is 275 g/mol. The fraction of sp³-hybridized carbons (Fsp3) is 0.588. The van der Waals surface area contributed by atoms with Crippen molar-refractivity contribution < 1.29 is 9.90 Å². The number of hydrogen-bond acceptors (Lipinski definition) is 2. The van der Waals surface area contributed by atoms with E-state index in [4.69, 9.17) is 5.11 Å². The molecule has 0 unspecified atom stereocenters. The van der Waals surface area contributed by atoms with Crippen LogP contribution >= 0.6 is 0 Å². The highest BCUT2D eigenvalue weighted by atomic mass is 16.4. The summed E-state index contributed by atoms with van der Waals surface area (Å²) in [4.78, 5) is 10.9. The van der Waals surface area contributed by atoms with Gasteiger partial charge in [-0.05, 0) is 37.0 Å². The van der Waals surface area contributed by atoms with Crippen molar-refractivity contribution in [2.45, 2.75) is 58.0 Å². The van der Waals surface area contributed by atoms with Gasteiger partial charge in [-0.3, -0.25) is 0 Å². The van der Waals surface area contributed by atoms with Crippen molar-refractivity contribution >= 4 is 5.97 Å². The molecule has 1 saturated carbocycles. The summed E-state index contributed by atoms with van der Waals surface area (Å²) < 4.78 is 0. The maximum Gasteiger partial charge on any atom is 0.335 e. The van der Waals surface area contributed by atoms with Gasteiger partial charge in [-0.1, -0.05) is 44.2 Å². The first kappa shape index (κ1) is 15.0. The van der Waals surface area contributed by atoms with Gasteiger partial charge in [-0.2, -0.15) is 0 Å². The highest BCUT2D eigenvalue weighted by Crippen LogP contribution is 2.27. The lowest BCUT2D eigenvalue weighted by atomic mass is 9.85. The molecule has 0 bridgehead atoms. The zero-order valence-electron chi connectivity index (χ0n) is 12.3. The van der Waals surface area contributed by atoms with Crippen LogP contribution in [0.5, 0.6) is 0 Å². The molecule has 3 nitrogen and oxygen atoms in total. The largest absolute Gasteiger partial charge is 0.478 e. The zero-order valence-corrected chi connectivity index (χ0v) is 12.3. The van der Waals surface area contributed by atoms with Crippen LogP contribution in [0.2, 0.25) is 0 Å². The molecule has 0 spiro atoms. The lowest BCUT2D eigenvalue weighted by Gasteiger charge is -2.25. The van der Waals surface area contributed by atoms with Crippen molar-refractivity contribution in [2.75, 3.05) is 0 Å². The molecule has 0 aliphatic heterocycles. The molecule has 1 aliphatic carbocycles. The normalized spacial score (nSPS) is 17.9. The fourth-order valence-electron chi connectivity index (χ4n) is 3.11. The van der Waals surface area contributed by atoms with E-state index in [9.17, 15) is 4.79 Å². The first-order valence-corrected chi connectivity index (χ1v) is 7.71. The van der Waals surface area contributed by atoms with Gasteiger partial charge in [0, 0.05) is 12.6 Å². The predicted molar refractivity (Wildman–Crippen MR) is 80.9 cm³/mol. The van der Waals surface area contributed by atoms with Crippen LogP contribution in [0.1, 0.15) is 61.4 Å². The van der Waals surface area contributed by atoms with Crippen LogP contribution in [-0.4, -0.2) is 17.1 Å². The molecule has 1 atom stereocenters. The van der Waals surface area contributed by atoms with Gasteiger partial charge in [0.15, 0.2) is 0 Å². The Morgan fingerprint density at radius 2 is 2.10 bits per heavy atom. The van der Waals surface area contributed by atoms with E-state index >= 15 is 0 Å². The molecule has 3 heteroatoms. The van der Waals surface area contributed by atoms with Gasteiger partial charge in [0.1, 0.15) is 0 Å². The molecule has 0 saturated heterocycles. The molecule has 1 aromatic rings. The van der Waals surface area contributed by atoms with Gasteiger partial charge in [0.2, 0.25) is 0 Å². The molecule has 0 radical (unpaired) electrons. The maximum atomic E-state index is 10.9. The SMILES string of the molecule is C[C@H](CC1CCCCC1)NCc1cccc(C(=O)O)c1. The van der Waals surface area contributed by atoms with Crippen molar-refractivity contribution in [3.63, 3.8) is 0 Å². The molecule has 20 heavy (non-hydrogen) atoms. The Morgan fingerprint density at radius 3 is 2.80 bits per heavy atom. The van der Waals surface area contributed by atoms with Gasteiger partial charge < -0.3 is 10.4 Å². The Balaban J connectivity index is 1.78. The van der Waals surface area contributed by atoms with Crippen molar-refractivity contribution in [1.29, 1.82) is 0 Å². The number of benzene rings is 1. The molecule has 1 fully saturated rings. The van der Waals surface area contributed by atoms with E-state index in [0.717, 1.165) is 18.0 Å². The lowest BCUT2D eigenvalue weighted by molar-refractivity contribution is 0.0696. The third-order valence-electron chi connectivity index (χ3n) is 4.24. The Morgan fingerprint density at radius 1 is 1.35 bits per heavy atom. The van der Waals surface area contributed by atoms with Gasteiger partial charge in [0.25, 0.3) is 0 Å². The van der Waals surface area contributed by atoms with E-state index in [1.807, 2.05) is 12.1 Å². The van der Waals surface area contributed by atoms with E-state index in [2.05, 4.69) is 12.2 Å². The average Bonchev–Trinajstić information content (AvgIpc) is 2.46. The molecule has 0 heterocycles. The summed E-state index contributed by atoms with van der Waals surface area (Å²) in [6.07, 6.45) is 8.16. The molecule has 110 valence electrons. The standard InChI is InChI=1S/C17H25NO2/c1-13(10-14-6-3-2-4-7-14)18-12-15-8-5-9-16(11-15)17(19)20/h5,8-9,11,13-14,18H,2-4,6-7,10,12H2,1H3,(H,19,20)/t13-/m1/s1. The second-order valence-electron chi connectivity index (χ2n) is 6.03. The number of nitrogens with one attached hydrogen (secondary N) is 1.